The largest absolute Gasteiger partial charge is 0.491 e. The third kappa shape index (κ3) is 4.83. The number of Topliss-reactive ketones (excluding diaryl/α,β-unsaturated/α-hetero) is 1. The molecule has 9 heteroatoms. The number of hydrogen-bond donors (Lipinski definition) is 0. The van der Waals surface area contributed by atoms with Crippen molar-refractivity contribution in [1.29, 1.82) is 0 Å². The number of rotatable bonds is 7. The Hall–Kier alpha value is -3.20. The van der Waals surface area contributed by atoms with Gasteiger partial charge in [-0.2, -0.15) is 0 Å². The molecule has 32 heavy (non-hydrogen) atoms. The summed E-state index contributed by atoms with van der Waals surface area (Å²) in [6, 6.07) is 8.10. The van der Waals surface area contributed by atoms with E-state index in [9.17, 15) is 14.0 Å². The van der Waals surface area contributed by atoms with Crippen molar-refractivity contribution in [1.82, 2.24) is 9.55 Å². The first-order valence-electron chi connectivity index (χ1n) is 9.88. The minimum Gasteiger partial charge on any atom is -0.491 e. The maximum absolute atomic E-state index is 14.0. The quantitative estimate of drug-likeness (QED) is 0.457. The van der Waals surface area contributed by atoms with E-state index in [-0.39, 0.29) is 18.1 Å². The molecule has 0 aliphatic carbocycles. The van der Waals surface area contributed by atoms with E-state index in [1.165, 1.54) is 19.2 Å². The van der Waals surface area contributed by atoms with Crippen LogP contribution in [0.3, 0.4) is 0 Å². The summed E-state index contributed by atoms with van der Waals surface area (Å²) in [6.45, 7) is 0.382. The van der Waals surface area contributed by atoms with Gasteiger partial charge in [0.05, 0.1) is 36.0 Å². The maximum atomic E-state index is 14.0. The van der Waals surface area contributed by atoms with Gasteiger partial charge in [-0.1, -0.05) is 6.07 Å². The monoisotopic (exact) mass is 502 g/mol. The highest BCUT2D eigenvalue weighted by atomic mass is 79.9. The van der Waals surface area contributed by atoms with Crippen LogP contribution in [0.5, 0.6) is 11.5 Å². The van der Waals surface area contributed by atoms with Gasteiger partial charge in [0, 0.05) is 18.9 Å². The number of hydrogen-bond acceptors (Lipinski definition) is 6. The highest BCUT2D eigenvalue weighted by Crippen LogP contribution is 2.37. The number of carbonyl (C=O) groups is 2. The Kier molecular flexibility index (Phi) is 6.55. The van der Waals surface area contributed by atoms with Gasteiger partial charge >= 0.3 is 5.97 Å². The van der Waals surface area contributed by atoms with E-state index in [2.05, 4.69) is 25.7 Å². The zero-order valence-electron chi connectivity index (χ0n) is 17.2. The van der Waals surface area contributed by atoms with E-state index >= 15 is 0 Å². The molecule has 1 aromatic heterocycles. The summed E-state index contributed by atoms with van der Waals surface area (Å²) in [4.78, 5) is 28.6. The molecule has 7 nitrogen and oxygen atoms in total. The van der Waals surface area contributed by atoms with E-state index in [1.54, 1.807) is 18.6 Å². The Morgan fingerprint density at radius 3 is 2.91 bits per heavy atom. The van der Waals surface area contributed by atoms with E-state index in [0.717, 1.165) is 10.0 Å². The maximum Gasteiger partial charge on any atom is 0.343 e. The average molecular weight is 503 g/mol. The predicted octanol–water partition coefficient (Wildman–Crippen LogP) is 3.82. The summed E-state index contributed by atoms with van der Waals surface area (Å²) in [7, 11) is 1.23. The zero-order valence-corrected chi connectivity index (χ0v) is 18.8. The molecule has 0 spiro atoms. The Balaban J connectivity index is 1.52. The lowest BCUT2D eigenvalue weighted by Crippen LogP contribution is -2.30. The summed E-state index contributed by atoms with van der Waals surface area (Å²) in [5.74, 6) is -1.22. The number of halogens is 2. The van der Waals surface area contributed by atoms with Crippen molar-refractivity contribution in [2.45, 2.75) is 13.0 Å². The van der Waals surface area contributed by atoms with Crippen molar-refractivity contribution in [3.8, 4) is 11.5 Å². The van der Waals surface area contributed by atoms with Gasteiger partial charge in [-0.15, -0.1) is 0 Å². The number of imidazole rings is 1. The standard InChI is InChI=1S/C23H20BrFN2O5/c1-30-21(28)12-31-20-9-14(2-3-19(20)25)6-16-11-32-23-17(22(16)29)7-15(8-18(23)24)10-27-5-4-26-13-27/h2-5,7-9,13,16H,6,10-12H2,1H3/t16-/m0/s1. The van der Waals surface area contributed by atoms with Crippen LogP contribution in [0.15, 0.2) is 53.5 Å². The van der Waals surface area contributed by atoms with Gasteiger partial charge in [0.25, 0.3) is 0 Å². The first-order valence-corrected chi connectivity index (χ1v) is 10.7. The Morgan fingerprint density at radius 2 is 2.16 bits per heavy atom. The van der Waals surface area contributed by atoms with Crippen LogP contribution in [0.2, 0.25) is 0 Å². The van der Waals surface area contributed by atoms with E-state index in [0.29, 0.717) is 29.8 Å². The number of carbonyl (C=O) groups excluding carboxylic acids is 2. The summed E-state index contributed by atoms with van der Waals surface area (Å²) in [5.41, 5.74) is 2.15. The first kappa shape index (κ1) is 22.0. The Labute approximate surface area is 192 Å². The second-order valence-corrected chi connectivity index (χ2v) is 8.25. The molecular formula is C23H20BrFN2O5. The minimum absolute atomic E-state index is 0.0409. The summed E-state index contributed by atoms with van der Waals surface area (Å²) in [6.07, 6.45) is 5.60. The molecule has 0 N–H and O–H groups in total. The number of nitrogens with zero attached hydrogens (tertiary/aromatic N) is 2. The molecule has 1 aliphatic rings. The smallest absolute Gasteiger partial charge is 0.343 e. The molecule has 0 radical (unpaired) electrons. The van der Waals surface area contributed by atoms with E-state index < -0.39 is 24.3 Å². The summed E-state index contributed by atoms with van der Waals surface area (Å²) in [5, 5.41) is 0. The lowest BCUT2D eigenvalue weighted by molar-refractivity contribution is -0.142. The molecule has 4 rings (SSSR count). The molecule has 3 aromatic rings. The zero-order chi connectivity index (χ0) is 22.7. The van der Waals surface area contributed by atoms with Crippen molar-refractivity contribution >= 4 is 27.7 Å². The number of ketones is 1. The normalized spacial score (nSPS) is 15.1. The van der Waals surface area contributed by atoms with Gasteiger partial charge in [0.1, 0.15) is 5.75 Å². The van der Waals surface area contributed by atoms with Gasteiger partial charge in [-0.25, -0.2) is 14.2 Å². The van der Waals surface area contributed by atoms with Gasteiger partial charge in [-0.3, -0.25) is 4.79 Å². The average Bonchev–Trinajstić information content (AvgIpc) is 3.29. The molecule has 1 atom stereocenters. The molecule has 0 saturated carbocycles. The number of aromatic nitrogens is 2. The second-order valence-electron chi connectivity index (χ2n) is 7.40. The predicted molar refractivity (Wildman–Crippen MR) is 116 cm³/mol. The highest BCUT2D eigenvalue weighted by molar-refractivity contribution is 9.10. The molecule has 0 unspecified atom stereocenters. The van der Waals surface area contributed by atoms with Gasteiger partial charge in [0.15, 0.2) is 24.0 Å². The topological polar surface area (TPSA) is 79.7 Å². The van der Waals surface area contributed by atoms with Crippen LogP contribution in [0.1, 0.15) is 21.5 Å². The SMILES string of the molecule is COC(=O)COc1cc(C[C@H]2COc3c(Br)cc(Cn4ccnc4)cc3C2=O)ccc1F. The summed E-state index contributed by atoms with van der Waals surface area (Å²) >= 11 is 3.51. The number of ether oxygens (including phenoxy) is 3. The van der Waals surface area contributed by atoms with Crippen LogP contribution in [-0.2, 0) is 22.5 Å². The van der Waals surface area contributed by atoms with Crippen molar-refractivity contribution in [2.24, 2.45) is 5.92 Å². The number of esters is 1. The van der Waals surface area contributed by atoms with Crippen molar-refractivity contribution in [2.75, 3.05) is 20.3 Å². The molecule has 2 aromatic carbocycles. The fraction of sp³-hybridized carbons (Fsp3) is 0.261. The molecule has 0 fully saturated rings. The van der Waals surface area contributed by atoms with Gasteiger partial charge in [-0.05, 0) is 57.7 Å². The van der Waals surface area contributed by atoms with Crippen LogP contribution in [-0.4, -0.2) is 41.6 Å². The van der Waals surface area contributed by atoms with E-state index in [4.69, 9.17) is 9.47 Å². The minimum atomic E-state index is -0.612. The van der Waals surface area contributed by atoms with Crippen LogP contribution in [0.25, 0.3) is 0 Å². The number of methoxy groups -OCH3 is 1. The van der Waals surface area contributed by atoms with Crippen molar-refractivity contribution in [3.05, 3.63) is 76.0 Å². The fourth-order valence-corrected chi connectivity index (χ4v) is 4.18. The molecule has 0 saturated heterocycles. The third-order valence-corrected chi connectivity index (χ3v) is 5.73. The Morgan fingerprint density at radius 1 is 1.31 bits per heavy atom. The van der Waals surface area contributed by atoms with E-state index in [1.807, 2.05) is 22.9 Å². The highest BCUT2D eigenvalue weighted by Gasteiger charge is 2.31. The van der Waals surface area contributed by atoms with Crippen LogP contribution < -0.4 is 9.47 Å². The lowest BCUT2D eigenvalue weighted by Gasteiger charge is -2.26. The first-order chi connectivity index (χ1) is 15.4. The Bertz CT molecular complexity index is 1150. The molecule has 166 valence electrons. The lowest BCUT2D eigenvalue weighted by atomic mass is 9.89. The fourth-order valence-electron chi connectivity index (χ4n) is 3.56. The molecular weight excluding hydrogens is 483 g/mol. The number of fused-ring (bicyclic) bond motifs is 1. The molecule has 0 bridgehead atoms. The molecule has 1 aliphatic heterocycles. The van der Waals surface area contributed by atoms with Gasteiger partial charge < -0.3 is 18.8 Å². The van der Waals surface area contributed by atoms with Crippen molar-refractivity contribution in [3.63, 3.8) is 0 Å². The second kappa shape index (κ2) is 9.52. The summed E-state index contributed by atoms with van der Waals surface area (Å²) < 4.78 is 32.3. The third-order valence-electron chi connectivity index (χ3n) is 5.14. The van der Waals surface area contributed by atoms with Gasteiger partial charge in [0.2, 0.25) is 0 Å². The number of benzene rings is 2. The van der Waals surface area contributed by atoms with Crippen LogP contribution in [0, 0.1) is 11.7 Å². The van der Waals surface area contributed by atoms with Crippen LogP contribution >= 0.6 is 15.9 Å². The molecule has 0 amide bonds. The van der Waals surface area contributed by atoms with Crippen molar-refractivity contribution < 1.29 is 28.2 Å². The van der Waals surface area contributed by atoms with Crippen LogP contribution in [0.4, 0.5) is 4.39 Å². The molecule has 2 heterocycles.